The molecule has 1 aliphatic heterocycles. The molecule has 0 unspecified atom stereocenters. The second kappa shape index (κ2) is 6.13. The van der Waals surface area contributed by atoms with E-state index in [1.54, 1.807) is 31.4 Å². The predicted molar refractivity (Wildman–Crippen MR) is 112 cm³/mol. The summed E-state index contributed by atoms with van der Waals surface area (Å²) in [6.45, 7) is 3.93. The van der Waals surface area contributed by atoms with E-state index >= 15 is 0 Å². The van der Waals surface area contributed by atoms with Gasteiger partial charge in [-0.25, -0.2) is 0 Å². The molecule has 0 saturated heterocycles. The lowest BCUT2D eigenvalue weighted by Crippen LogP contribution is -1.98. The molecular formula is C24H17NO3. The zero-order chi connectivity index (χ0) is 19.3. The Hall–Kier alpha value is -3.79. The smallest absolute Gasteiger partial charge is 0.231 e. The summed E-state index contributed by atoms with van der Waals surface area (Å²) in [6, 6.07) is 19.5. The lowest BCUT2D eigenvalue weighted by atomic mass is 10.1. The summed E-state index contributed by atoms with van der Waals surface area (Å²) >= 11 is 0. The molecule has 2 heterocycles. The lowest BCUT2D eigenvalue weighted by Gasteiger charge is -2.02. The number of Topliss-reactive ketones (excluding diaryl/α,β-unsaturated/α-hetero) is 1. The molecule has 0 atom stereocenters. The van der Waals surface area contributed by atoms with Gasteiger partial charge in [0, 0.05) is 23.0 Å². The number of fused-ring (bicyclic) bond motifs is 4. The number of nitrogens with zero attached hydrogens (tertiary/aromatic N) is 1. The minimum atomic E-state index is -0.119. The van der Waals surface area contributed by atoms with Crippen LogP contribution in [0.5, 0.6) is 11.5 Å². The summed E-state index contributed by atoms with van der Waals surface area (Å²) in [5, 5.41) is 2.25. The van der Waals surface area contributed by atoms with Crippen molar-refractivity contribution in [2.45, 2.75) is 0 Å². The van der Waals surface area contributed by atoms with Crippen molar-refractivity contribution in [2.75, 3.05) is 7.11 Å². The van der Waals surface area contributed by atoms with Gasteiger partial charge in [-0.3, -0.25) is 4.79 Å². The van der Waals surface area contributed by atoms with Gasteiger partial charge in [-0.1, -0.05) is 30.8 Å². The van der Waals surface area contributed by atoms with Crippen molar-refractivity contribution in [3.8, 4) is 11.5 Å². The molecule has 1 aliphatic rings. The van der Waals surface area contributed by atoms with Crippen LogP contribution in [0.15, 0.2) is 73.0 Å². The fourth-order valence-electron chi connectivity index (χ4n) is 3.75. The summed E-state index contributed by atoms with van der Waals surface area (Å²) in [5.74, 6) is 1.38. The number of ketones is 1. The molecule has 0 radical (unpaired) electrons. The summed E-state index contributed by atoms with van der Waals surface area (Å²) < 4.78 is 13.1. The maximum atomic E-state index is 12.7. The van der Waals surface area contributed by atoms with Crippen LogP contribution >= 0.6 is 0 Å². The van der Waals surface area contributed by atoms with Crippen molar-refractivity contribution in [1.82, 2.24) is 4.57 Å². The van der Waals surface area contributed by atoms with Crippen LogP contribution in [-0.4, -0.2) is 17.5 Å². The molecule has 28 heavy (non-hydrogen) atoms. The molecule has 0 fully saturated rings. The molecule has 0 spiro atoms. The standard InChI is InChI=1S/C24H17NO3/c1-3-25-20-7-5-4-6-17(20)19-12-15(8-11-21(19)25)13-23-24(26)18-10-9-16(27-2)14-22(18)28-23/h3-14H,1H2,2H3/b23-13+. The third kappa shape index (κ3) is 2.35. The van der Waals surface area contributed by atoms with Crippen molar-refractivity contribution in [3.05, 3.63) is 84.1 Å². The first-order valence-corrected chi connectivity index (χ1v) is 8.97. The van der Waals surface area contributed by atoms with Gasteiger partial charge in [0.1, 0.15) is 11.5 Å². The number of para-hydroxylation sites is 1. The monoisotopic (exact) mass is 367 g/mol. The first kappa shape index (κ1) is 16.4. The van der Waals surface area contributed by atoms with Crippen LogP contribution in [0.3, 0.4) is 0 Å². The molecule has 4 nitrogen and oxygen atoms in total. The van der Waals surface area contributed by atoms with Crippen LogP contribution < -0.4 is 9.47 Å². The van der Waals surface area contributed by atoms with Crippen LogP contribution in [-0.2, 0) is 0 Å². The van der Waals surface area contributed by atoms with Crippen molar-refractivity contribution >= 4 is 39.9 Å². The number of aromatic nitrogens is 1. The molecule has 0 N–H and O–H groups in total. The molecular weight excluding hydrogens is 350 g/mol. The maximum Gasteiger partial charge on any atom is 0.231 e. The highest BCUT2D eigenvalue weighted by Gasteiger charge is 2.27. The molecule has 3 aromatic carbocycles. The van der Waals surface area contributed by atoms with Gasteiger partial charge in [-0.2, -0.15) is 0 Å². The van der Waals surface area contributed by atoms with E-state index in [2.05, 4.69) is 29.3 Å². The fraction of sp³-hybridized carbons (Fsp3) is 0.0417. The van der Waals surface area contributed by atoms with Gasteiger partial charge in [0.05, 0.1) is 23.7 Å². The van der Waals surface area contributed by atoms with E-state index in [0.29, 0.717) is 22.8 Å². The minimum absolute atomic E-state index is 0.119. The summed E-state index contributed by atoms with van der Waals surface area (Å²) in [4.78, 5) is 12.7. The molecule has 4 heteroatoms. The van der Waals surface area contributed by atoms with E-state index in [1.807, 2.05) is 30.5 Å². The van der Waals surface area contributed by atoms with E-state index < -0.39 is 0 Å². The van der Waals surface area contributed by atoms with Crippen molar-refractivity contribution < 1.29 is 14.3 Å². The third-order valence-electron chi connectivity index (χ3n) is 5.09. The molecule has 0 saturated carbocycles. The van der Waals surface area contributed by atoms with Gasteiger partial charge >= 0.3 is 0 Å². The first-order valence-electron chi connectivity index (χ1n) is 8.97. The molecule has 0 bridgehead atoms. The topological polar surface area (TPSA) is 40.5 Å². The molecule has 136 valence electrons. The Balaban J connectivity index is 1.62. The highest BCUT2D eigenvalue weighted by atomic mass is 16.5. The number of methoxy groups -OCH3 is 1. The highest BCUT2D eigenvalue weighted by Crippen LogP contribution is 2.35. The molecule has 4 aromatic rings. The second-order valence-electron chi connectivity index (χ2n) is 6.65. The Labute approximate surface area is 161 Å². The SMILES string of the molecule is C=Cn1c2ccccc2c2cc(/C=C3/Oc4cc(OC)ccc4C3=O)ccc21. The average molecular weight is 367 g/mol. The third-order valence-corrected chi connectivity index (χ3v) is 5.09. The molecule has 5 rings (SSSR count). The van der Waals surface area contributed by atoms with Gasteiger partial charge in [0.15, 0.2) is 5.76 Å². The number of carbonyl (C=O) groups excluding carboxylic acids is 1. The Morgan fingerprint density at radius 3 is 2.64 bits per heavy atom. The normalized spacial score (nSPS) is 14.5. The number of allylic oxidation sites excluding steroid dienone is 1. The van der Waals surface area contributed by atoms with Gasteiger partial charge in [-0.15, -0.1) is 0 Å². The van der Waals surface area contributed by atoms with Crippen LogP contribution in [0.1, 0.15) is 15.9 Å². The van der Waals surface area contributed by atoms with Gasteiger partial charge in [0.2, 0.25) is 5.78 Å². The van der Waals surface area contributed by atoms with E-state index in [-0.39, 0.29) is 5.78 Å². The number of hydrogen-bond donors (Lipinski definition) is 0. The first-order chi connectivity index (χ1) is 13.7. The predicted octanol–water partition coefficient (Wildman–Crippen LogP) is 5.52. The van der Waals surface area contributed by atoms with Crippen LogP contribution in [0.4, 0.5) is 0 Å². The quantitative estimate of drug-likeness (QED) is 0.448. The van der Waals surface area contributed by atoms with E-state index in [9.17, 15) is 4.79 Å². The lowest BCUT2D eigenvalue weighted by molar-refractivity contribution is 0.101. The molecule has 1 aromatic heterocycles. The van der Waals surface area contributed by atoms with Gasteiger partial charge in [0.25, 0.3) is 0 Å². The van der Waals surface area contributed by atoms with Crippen molar-refractivity contribution in [1.29, 1.82) is 0 Å². The minimum Gasteiger partial charge on any atom is -0.497 e. The van der Waals surface area contributed by atoms with Crippen LogP contribution in [0, 0.1) is 0 Å². The Kier molecular flexibility index (Phi) is 3.59. The van der Waals surface area contributed by atoms with Gasteiger partial charge in [-0.05, 0) is 42.0 Å². The molecule has 0 amide bonds. The van der Waals surface area contributed by atoms with Gasteiger partial charge < -0.3 is 14.0 Å². The Morgan fingerprint density at radius 2 is 1.82 bits per heavy atom. The van der Waals surface area contributed by atoms with Crippen LogP contribution in [0.2, 0.25) is 0 Å². The number of rotatable bonds is 3. The highest BCUT2D eigenvalue weighted by molar-refractivity contribution is 6.15. The van der Waals surface area contributed by atoms with Crippen molar-refractivity contribution in [2.24, 2.45) is 0 Å². The second-order valence-corrected chi connectivity index (χ2v) is 6.65. The Bertz CT molecular complexity index is 1310. The average Bonchev–Trinajstić information content (AvgIpc) is 3.22. The van der Waals surface area contributed by atoms with E-state index in [4.69, 9.17) is 9.47 Å². The summed E-state index contributed by atoms with van der Waals surface area (Å²) in [6.07, 6.45) is 3.60. The van der Waals surface area contributed by atoms with Crippen LogP contribution in [0.25, 0.3) is 34.1 Å². The zero-order valence-corrected chi connectivity index (χ0v) is 15.3. The number of carbonyl (C=O) groups is 1. The molecule has 0 aliphatic carbocycles. The fourth-order valence-corrected chi connectivity index (χ4v) is 3.75. The van der Waals surface area contributed by atoms with Crippen molar-refractivity contribution in [3.63, 3.8) is 0 Å². The summed E-state index contributed by atoms with van der Waals surface area (Å²) in [7, 11) is 1.59. The van der Waals surface area contributed by atoms with E-state index in [0.717, 1.165) is 27.4 Å². The zero-order valence-electron chi connectivity index (χ0n) is 15.3. The summed E-state index contributed by atoms with van der Waals surface area (Å²) in [5.41, 5.74) is 3.63. The number of benzene rings is 3. The number of ether oxygens (including phenoxy) is 2. The number of hydrogen-bond acceptors (Lipinski definition) is 3. The largest absolute Gasteiger partial charge is 0.497 e. The Morgan fingerprint density at radius 1 is 1.00 bits per heavy atom. The maximum absolute atomic E-state index is 12.7. The van der Waals surface area contributed by atoms with E-state index in [1.165, 1.54) is 0 Å².